The molecule has 0 saturated heterocycles. The fourth-order valence-corrected chi connectivity index (χ4v) is 2.65. The van der Waals surface area contributed by atoms with Crippen LogP contribution in [0.15, 0.2) is 0 Å². The molecule has 126 valence electrons. The minimum absolute atomic E-state index is 0. The second-order valence-electron chi connectivity index (χ2n) is 6.22. The van der Waals surface area contributed by atoms with Gasteiger partial charge in [0.05, 0.1) is 12.1 Å². The Balaban J connectivity index is 0. The second kappa shape index (κ2) is 20.3. The van der Waals surface area contributed by atoms with Gasteiger partial charge in [0.25, 0.3) is 0 Å². The molecule has 0 aromatic rings. The molecule has 1 unspecified atom stereocenters. The van der Waals surface area contributed by atoms with Gasteiger partial charge >= 0.3 is 58.2 Å². The molecule has 0 bridgehead atoms. The minimum atomic E-state index is -1.34. The number of aliphatic hydroxyl groups excluding tert-OH is 1. The molecule has 22 heavy (non-hydrogen) atoms. The molecular weight excluding hydrogens is 350 g/mol. The van der Waals surface area contributed by atoms with Crippen molar-refractivity contribution in [2.45, 2.75) is 109 Å². The van der Waals surface area contributed by atoms with Gasteiger partial charge in [0, 0.05) is 0 Å². The van der Waals surface area contributed by atoms with Crippen molar-refractivity contribution in [1.29, 1.82) is 0 Å². The molecule has 0 aliphatic rings. The first-order chi connectivity index (χ1) is 10.2. The SMILES string of the molecule is CCCCCCCCCCCCCCCCC(O)C(=O)[O-].[Rb+]. The number of aliphatic carboxylic acids is 1. The van der Waals surface area contributed by atoms with Gasteiger partial charge in [-0.05, 0) is 6.42 Å². The molecule has 0 spiro atoms. The average Bonchev–Trinajstić information content (AvgIpc) is 2.47. The van der Waals surface area contributed by atoms with E-state index in [-0.39, 0.29) is 58.2 Å². The van der Waals surface area contributed by atoms with Crippen LogP contribution in [-0.2, 0) is 4.79 Å². The summed E-state index contributed by atoms with van der Waals surface area (Å²) in [5.41, 5.74) is 0. The fourth-order valence-electron chi connectivity index (χ4n) is 2.65. The van der Waals surface area contributed by atoms with E-state index in [9.17, 15) is 9.90 Å². The summed E-state index contributed by atoms with van der Waals surface area (Å²) in [4.78, 5) is 10.3. The molecule has 3 nitrogen and oxygen atoms in total. The summed E-state index contributed by atoms with van der Waals surface area (Å²) in [5.74, 6) is -1.34. The number of carbonyl (C=O) groups is 1. The molecule has 0 aliphatic heterocycles. The van der Waals surface area contributed by atoms with Crippen molar-refractivity contribution in [2.24, 2.45) is 0 Å². The van der Waals surface area contributed by atoms with Crippen LogP contribution in [0.5, 0.6) is 0 Å². The molecule has 1 N–H and O–H groups in total. The van der Waals surface area contributed by atoms with E-state index in [1.54, 1.807) is 0 Å². The average molecular weight is 385 g/mol. The number of carboxylic acids is 1. The first-order valence-electron chi connectivity index (χ1n) is 9.07. The van der Waals surface area contributed by atoms with Gasteiger partial charge in [-0.25, -0.2) is 0 Å². The van der Waals surface area contributed by atoms with Gasteiger partial charge in [-0.3, -0.25) is 0 Å². The normalized spacial score (nSPS) is 11.9. The van der Waals surface area contributed by atoms with Crippen molar-refractivity contribution in [3.8, 4) is 0 Å². The maximum absolute atomic E-state index is 10.3. The van der Waals surface area contributed by atoms with Crippen molar-refractivity contribution in [3.05, 3.63) is 0 Å². The van der Waals surface area contributed by atoms with Crippen molar-refractivity contribution in [1.82, 2.24) is 0 Å². The van der Waals surface area contributed by atoms with Crippen molar-refractivity contribution < 1.29 is 73.2 Å². The third kappa shape index (κ3) is 19.3. The summed E-state index contributed by atoms with van der Waals surface area (Å²) in [5, 5.41) is 19.4. The Kier molecular flexibility index (Phi) is 23.5. The topological polar surface area (TPSA) is 60.4 Å². The van der Waals surface area contributed by atoms with Crippen LogP contribution in [0.4, 0.5) is 0 Å². The molecule has 0 saturated carbocycles. The van der Waals surface area contributed by atoms with E-state index in [0.29, 0.717) is 6.42 Å². The first kappa shape index (κ1) is 25.5. The third-order valence-electron chi connectivity index (χ3n) is 4.10. The van der Waals surface area contributed by atoms with Gasteiger partial charge in [-0.15, -0.1) is 0 Å². The Morgan fingerprint density at radius 3 is 1.41 bits per heavy atom. The van der Waals surface area contributed by atoms with Gasteiger partial charge in [0.1, 0.15) is 0 Å². The smallest absolute Gasteiger partial charge is 0.547 e. The van der Waals surface area contributed by atoms with Crippen LogP contribution in [-0.4, -0.2) is 17.2 Å². The fraction of sp³-hybridized carbons (Fsp3) is 0.944. The number of aliphatic hydroxyl groups is 1. The summed E-state index contributed by atoms with van der Waals surface area (Å²) in [6.07, 6.45) is 16.9. The molecule has 0 heterocycles. The molecule has 0 aromatic carbocycles. The van der Waals surface area contributed by atoms with E-state index in [1.165, 1.54) is 70.6 Å². The van der Waals surface area contributed by atoms with Crippen LogP contribution >= 0.6 is 0 Å². The van der Waals surface area contributed by atoms with Gasteiger partial charge in [-0.2, -0.15) is 0 Å². The van der Waals surface area contributed by atoms with Gasteiger partial charge < -0.3 is 15.0 Å². The maximum atomic E-state index is 10.3. The van der Waals surface area contributed by atoms with Crippen LogP contribution in [0.2, 0.25) is 0 Å². The van der Waals surface area contributed by atoms with Crippen molar-refractivity contribution in [3.63, 3.8) is 0 Å². The van der Waals surface area contributed by atoms with Gasteiger partial charge in [0.15, 0.2) is 0 Å². The molecule has 0 rings (SSSR count). The molecule has 4 heteroatoms. The number of hydrogen-bond acceptors (Lipinski definition) is 3. The van der Waals surface area contributed by atoms with Crippen LogP contribution < -0.4 is 63.3 Å². The predicted molar refractivity (Wildman–Crippen MR) is 85.9 cm³/mol. The Morgan fingerprint density at radius 1 is 0.773 bits per heavy atom. The van der Waals surface area contributed by atoms with E-state index in [1.807, 2.05) is 0 Å². The van der Waals surface area contributed by atoms with Crippen molar-refractivity contribution in [2.75, 3.05) is 0 Å². The summed E-state index contributed by atoms with van der Waals surface area (Å²) < 4.78 is 0. The zero-order chi connectivity index (χ0) is 15.8. The molecule has 1 atom stereocenters. The number of carbonyl (C=O) groups excluding carboxylic acids is 1. The minimum Gasteiger partial charge on any atom is -0.547 e. The van der Waals surface area contributed by atoms with Gasteiger partial charge in [-0.1, -0.05) is 96.8 Å². The molecule has 0 fully saturated rings. The maximum Gasteiger partial charge on any atom is 1.00 e. The number of unbranched alkanes of at least 4 members (excludes halogenated alkanes) is 13. The zero-order valence-corrected chi connectivity index (χ0v) is 19.9. The Bertz CT molecular complexity index is 234. The monoisotopic (exact) mass is 384 g/mol. The second-order valence-corrected chi connectivity index (χ2v) is 6.22. The summed E-state index contributed by atoms with van der Waals surface area (Å²) in [7, 11) is 0. The standard InChI is InChI=1S/C18H36O3.Rb/c1-2-3-4-5-6-7-8-9-10-11-12-13-14-15-16-17(19)18(20)21;/h17,19H,2-16H2,1H3,(H,20,21);/q;+1/p-1. The van der Waals surface area contributed by atoms with Gasteiger partial charge in [0.2, 0.25) is 0 Å². The zero-order valence-electron chi connectivity index (χ0n) is 14.9. The Hall–Kier alpha value is 1.24. The molecule has 0 aromatic heterocycles. The van der Waals surface area contributed by atoms with Crippen LogP contribution in [0.25, 0.3) is 0 Å². The number of carboxylic acid groups (broad SMARTS) is 1. The van der Waals surface area contributed by atoms with E-state index in [0.717, 1.165) is 19.3 Å². The quantitative estimate of drug-likeness (QED) is 0.403. The predicted octanol–water partition coefficient (Wildman–Crippen LogP) is 0.973. The van der Waals surface area contributed by atoms with Crippen LogP contribution in [0, 0.1) is 0 Å². The first-order valence-corrected chi connectivity index (χ1v) is 9.07. The van der Waals surface area contributed by atoms with Crippen LogP contribution in [0.3, 0.4) is 0 Å². The third-order valence-corrected chi connectivity index (χ3v) is 4.10. The summed E-state index contributed by atoms with van der Waals surface area (Å²) in [6.45, 7) is 2.26. The summed E-state index contributed by atoms with van der Waals surface area (Å²) in [6, 6.07) is 0. The Morgan fingerprint density at radius 2 is 1.09 bits per heavy atom. The van der Waals surface area contributed by atoms with E-state index in [4.69, 9.17) is 5.11 Å². The molecule has 0 radical (unpaired) electrons. The Labute approximate surface area is 186 Å². The van der Waals surface area contributed by atoms with Crippen molar-refractivity contribution >= 4 is 5.97 Å². The number of hydrogen-bond donors (Lipinski definition) is 1. The largest absolute Gasteiger partial charge is 1.00 e. The summed E-state index contributed by atoms with van der Waals surface area (Å²) >= 11 is 0. The van der Waals surface area contributed by atoms with Crippen LogP contribution in [0.1, 0.15) is 103 Å². The number of rotatable bonds is 16. The van der Waals surface area contributed by atoms with E-state index >= 15 is 0 Å². The van der Waals surface area contributed by atoms with E-state index in [2.05, 4.69) is 6.92 Å². The van der Waals surface area contributed by atoms with E-state index < -0.39 is 12.1 Å². The molecule has 0 amide bonds. The molecule has 0 aliphatic carbocycles. The molecular formula is C18H35O3Rb.